The van der Waals surface area contributed by atoms with Gasteiger partial charge in [-0.2, -0.15) is 0 Å². The van der Waals surface area contributed by atoms with Crippen molar-refractivity contribution in [2.75, 3.05) is 0 Å². The van der Waals surface area contributed by atoms with Gasteiger partial charge in [0.05, 0.1) is 10.5 Å². The van der Waals surface area contributed by atoms with Crippen LogP contribution in [0.3, 0.4) is 0 Å². The molecular formula is C20H16FNO3S. The number of hydrogen-bond donors (Lipinski definition) is 1. The van der Waals surface area contributed by atoms with Crippen LogP contribution in [-0.4, -0.2) is 14.3 Å². The first-order valence-corrected chi connectivity index (χ1v) is 9.34. The van der Waals surface area contributed by atoms with Crippen molar-refractivity contribution in [3.8, 4) is 11.1 Å². The fourth-order valence-electron chi connectivity index (χ4n) is 2.57. The van der Waals surface area contributed by atoms with Crippen LogP contribution in [0.1, 0.15) is 15.9 Å². The Morgan fingerprint density at radius 1 is 0.885 bits per heavy atom. The lowest BCUT2D eigenvalue weighted by Gasteiger charge is -2.11. The van der Waals surface area contributed by atoms with Crippen LogP contribution >= 0.6 is 0 Å². The van der Waals surface area contributed by atoms with E-state index < -0.39 is 21.7 Å². The molecule has 0 aliphatic carbocycles. The largest absolute Gasteiger partial charge is 0.268 e. The first-order valence-electron chi connectivity index (χ1n) is 7.86. The minimum Gasteiger partial charge on any atom is -0.268 e. The highest BCUT2D eigenvalue weighted by Gasteiger charge is 2.22. The van der Waals surface area contributed by atoms with Crippen molar-refractivity contribution < 1.29 is 17.6 Å². The number of halogens is 1. The Kier molecular flexibility index (Phi) is 4.86. The predicted octanol–water partition coefficient (Wildman–Crippen LogP) is 3.92. The number of amides is 1. The predicted molar refractivity (Wildman–Crippen MR) is 97.7 cm³/mol. The van der Waals surface area contributed by atoms with Crippen molar-refractivity contribution in [3.63, 3.8) is 0 Å². The van der Waals surface area contributed by atoms with Crippen molar-refractivity contribution in [2.45, 2.75) is 11.8 Å². The third kappa shape index (κ3) is 3.65. The molecule has 3 aromatic carbocycles. The summed E-state index contributed by atoms with van der Waals surface area (Å²) in [5.74, 6) is -1.75. The highest BCUT2D eigenvalue weighted by atomic mass is 32.2. The Bertz CT molecular complexity index is 1050. The van der Waals surface area contributed by atoms with E-state index in [0.717, 1.165) is 5.56 Å². The maximum Gasteiger partial charge on any atom is 0.268 e. The zero-order valence-corrected chi connectivity index (χ0v) is 14.8. The molecule has 0 aromatic heterocycles. The maximum atomic E-state index is 14.5. The third-order valence-electron chi connectivity index (χ3n) is 3.89. The molecule has 0 radical (unpaired) electrons. The number of hydrogen-bond acceptors (Lipinski definition) is 3. The summed E-state index contributed by atoms with van der Waals surface area (Å²) < 4.78 is 41.0. The quantitative estimate of drug-likeness (QED) is 0.758. The molecule has 0 spiro atoms. The molecule has 26 heavy (non-hydrogen) atoms. The van der Waals surface area contributed by atoms with Gasteiger partial charge in [0.1, 0.15) is 5.82 Å². The van der Waals surface area contributed by atoms with Crippen molar-refractivity contribution in [1.82, 2.24) is 4.72 Å². The average Bonchev–Trinajstić information content (AvgIpc) is 2.65. The molecule has 0 saturated heterocycles. The average molecular weight is 369 g/mol. The van der Waals surface area contributed by atoms with Crippen LogP contribution in [0.15, 0.2) is 77.7 Å². The van der Waals surface area contributed by atoms with Crippen LogP contribution in [0.25, 0.3) is 11.1 Å². The summed E-state index contributed by atoms with van der Waals surface area (Å²) in [5, 5.41) is 0. The van der Waals surface area contributed by atoms with Gasteiger partial charge in [0.2, 0.25) is 0 Å². The molecule has 0 saturated carbocycles. The van der Waals surface area contributed by atoms with Crippen molar-refractivity contribution in [3.05, 3.63) is 89.7 Å². The summed E-state index contributed by atoms with van der Waals surface area (Å²) in [7, 11) is -4.08. The normalized spacial score (nSPS) is 11.2. The second-order valence-corrected chi connectivity index (χ2v) is 7.45. The molecule has 4 nitrogen and oxygen atoms in total. The summed E-state index contributed by atoms with van der Waals surface area (Å²) in [6.07, 6.45) is 0. The van der Waals surface area contributed by atoms with Gasteiger partial charge in [0, 0.05) is 0 Å². The molecule has 1 N–H and O–H groups in total. The minimum absolute atomic E-state index is 0.0651. The van der Waals surface area contributed by atoms with Gasteiger partial charge >= 0.3 is 0 Å². The molecule has 0 heterocycles. The lowest BCUT2D eigenvalue weighted by Crippen LogP contribution is -2.31. The second-order valence-electron chi connectivity index (χ2n) is 5.77. The van der Waals surface area contributed by atoms with Crippen molar-refractivity contribution in [2.24, 2.45) is 0 Å². The molecule has 0 bridgehead atoms. The molecule has 0 aliphatic heterocycles. The fraction of sp³-hybridized carbons (Fsp3) is 0.0500. The van der Waals surface area contributed by atoms with E-state index in [2.05, 4.69) is 0 Å². The van der Waals surface area contributed by atoms with Crippen LogP contribution < -0.4 is 4.72 Å². The maximum absolute atomic E-state index is 14.5. The van der Waals surface area contributed by atoms with Crippen LogP contribution in [0.5, 0.6) is 0 Å². The van der Waals surface area contributed by atoms with Crippen LogP contribution in [-0.2, 0) is 10.0 Å². The van der Waals surface area contributed by atoms with Gasteiger partial charge < -0.3 is 0 Å². The SMILES string of the molecule is Cc1cc(-c2ccccc2)cc(C(=O)NS(=O)(=O)c2ccccc2)c1F. The summed E-state index contributed by atoms with van der Waals surface area (Å²) in [5.41, 5.74) is 1.37. The van der Waals surface area contributed by atoms with Gasteiger partial charge in [0.15, 0.2) is 0 Å². The first kappa shape index (κ1) is 17.8. The molecule has 3 rings (SSSR count). The zero-order valence-electron chi connectivity index (χ0n) is 13.9. The van der Waals surface area contributed by atoms with Crippen LogP contribution in [0.2, 0.25) is 0 Å². The van der Waals surface area contributed by atoms with Gasteiger partial charge in [-0.05, 0) is 47.9 Å². The molecule has 1 amide bonds. The van der Waals surface area contributed by atoms with Gasteiger partial charge in [-0.1, -0.05) is 48.5 Å². The standard InChI is InChI=1S/C20H16FNO3S/c1-14-12-16(15-8-4-2-5-9-15)13-18(19(14)21)20(23)22-26(24,25)17-10-6-3-7-11-17/h2-13H,1H3,(H,22,23). The van der Waals surface area contributed by atoms with Crippen LogP contribution in [0.4, 0.5) is 4.39 Å². The lowest BCUT2D eigenvalue weighted by atomic mass is 9.99. The van der Waals surface area contributed by atoms with E-state index in [4.69, 9.17) is 0 Å². The molecular weight excluding hydrogens is 353 g/mol. The smallest absolute Gasteiger partial charge is 0.268 e. The molecule has 0 atom stereocenters. The van der Waals surface area contributed by atoms with E-state index in [1.807, 2.05) is 35.1 Å². The number of aryl methyl sites for hydroxylation is 1. The van der Waals surface area contributed by atoms with Gasteiger partial charge in [-0.15, -0.1) is 0 Å². The van der Waals surface area contributed by atoms with E-state index in [1.54, 1.807) is 24.3 Å². The Labute approximate surface area is 151 Å². The van der Waals surface area contributed by atoms with E-state index in [9.17, 15) is 17.6 Å². The molecule has 132 valence electrons. The summed E-state index contributed by atoms with van der Waals surface area (Å²) in [6.45, 7) is 1.53. The van der Waals surface area contributed by atoms with Crippen molar-refractivity contribution in [1.29, 1.82) is 0 Å². The highest BCUT2D eigenvalue weighted by molar-refractivity contribution is 7.90. The Balaban J connectivity index is 1.98. The van der Waals surface area contributed by atoms with Crippen LogP contribution in [0, 0.1) is 12.7 Å². The molecule has 0 aliphatic rings. The summed E-state index contributed by atoms with van der Waals surface area (Å²) in [6, 6.07) is 19.6. The van der Waals surface area contributed by atoms with Gasteiger partial charge in [0.25, 0.3) is 15.9 Å². The highest BCUT2D eigenvalue weighted by Crippen LogP contribution is 2.25. The van der Waals surface area contributed by atoms with E-state index >= 15 is 0 Å². The topological polar surface area (TPSA) is 63.2 Å². The molecule has 6 heteroatoms. The fourth-order valence-corrected chi connectivity index (χ4v) is 3.55. The number of sulfonamides is 1. The number of carbonyl (C=O) groups excluding carboxylic acids is 1. The summed E-state index contributed by atoms with van der Waals surface area (Å²) in [4.78, 5) is 12.4. The minimum atomic E-state index is -4.08. The number of nitrogens with one attached hydrogen (secondary N) is 1. The third-order valence-corrected chi connectivity index (χ3v) is 5.23. The van der Waals surface area contributed by atoms with Gasteiger partial charge in [-0.25, -0.2) is 17.5 Å². The number of rotatable bonds is 4. The molecule has 0 fully saturated rings. The number of benzene rings is 3. The Morgan fingerprint density at radius 3 is 2.08 bits per heavy atom. The Hall–Kier alpha value is -2.99. The number of carbonyl (C=O) groups is 1. The van der Waals surface area contributed by atoms with Crippen molar-refractivity contribution >= 4 is 15.9 Å². The van der Waals surface area contributed by atoms with Gasteiger partial charge in [-0.3, -0.25) is 4.79 Å². The lowest BCUT2D eigenvalue weighted by molar-refractivity contribution is 0.0977. The first-order chi connectivity index (χ1) is 12.4. The Morgan fingerprint density at radius 2 is 1.46 bits per heavy atom. The molecule has 0 unspecified atom stereocenters. The van der Waals surface area contributed by atoms with E-state index in [-0.39, 0.29) is 16.0 Å². The van der Waals surface area contributed by atoms with E-state index in [1.165, 1.54) is 25.1 Å². The zero-order chi connectivity index (χ0) is 18.7. The molecule has 3 aromatic rings. The summed E-state index contributed by atoms with van der Waals surface area (Å²) >= 11 is 0. The monoisotopic (exact) mass is 369 g/mol. The second kappa shape index (κ2) is 7.09. The van der Waals surface area contributed by atoms with E-state index in [0.29, 0.717) is 5.56 Å².